The zero-order valence-electron chi connectivity index (χ0n) is 10.3. The van der Waals surface area contributed by atoms with E-state index in [1.54, 1.807) is 0 Å². The Balaban J connectivity index is 2.77. The summed E-state index contributed by atoms with van der Waals surface area (Å²) in [6.07, 6.45) is -0.456. The Morgan fingerprint density at radius 3 is 2.62 bits per heavy atom. The van der Waals surface area contributed by atoms with Crippen LogP contribution in [0.5, 0.6) is 0 Å². The molecule has 1 saturated heterocycles. The summed E-state index contributed by atoms with van der Waals surface area (Å²) in [5.41, 5.74) is 0. The van der Waals surface area contributed by atoms with Gasteiger partial charge in [-0.1, -0.05) is 13.8 Å². The van der Waals surface area contributed by atoms with E-state index in [0.717, 1.165) is 6.42 Å². The molecule has 0 saturated carbocycles. The lowest BCUT2D eigenvalue weighted by Gasteiger charge is -2.43. The van der Waals surface area contributed by atoms with Crippen LogP contribution in [0.15, 0.2) is 0 Å². The molecule has 1 rings (SSSR count). The molecule has 0 bridgehead atoms. The molecule has 4 unspecified atom stereocenters. The van der Waals surface area contributed by atoms with Crippen LogP contribution in [0.2, 0.25) is 0 Å². The van der Waals surface area contributed by atoms with Gasteiger partial charge in [0.1, 0.15) is 6.04 Å². The number of methoxy groups -OCH3 is 1. The molecule has 1 aliphatic rings. The lowest BCUT2D eigenvalue weighted by Crippen LogP contribution is -2.60. The number of nitrogens with one attached hydrogen (secondary N) is 1. The highest BCUT2D eigenvalue weighted by Crippen LogP contribution is 2.27. The van der Waals surface area contributed by atoms with E-state index in [9.17, 15) is 9.90 Å². The predicted octanol–water partition coefficient (Wildman–Crippen LogP) is 0.269. The van der Waals surface area contributed by atoms with Gasteiger partial charge in [-0.25, -0.2) is 0 Å². The van der Waals surface area contributed by atoms with Crippen molar-refractivity contribution in [1.82, 2.24) is 5.32 Å². The first kappa shape index (κ1) is 13.4. The average Bonchev–Trinajstić information content (AvgIpc) is 2.25. The van der Waals surface area contributed by atoms with E-state index >= 15 is 0 Å². The van der Waals surface area contributed by atoms with Crippen LogP contribution in [0.3, 0.4) is 0 Å². The minimum absolute atomic E-state index is 0.0201. The highest BCUT2D eigenvalue weighted by atomic mass is 16.7. The van der Waals surface area contributed by atoms with Gasteiger partial charge in [-0.15, -0.1) is 0 Å². The van der Waals surface area contributed by atoms with E-state index in [0.29, 0.717) is 0 Å². The molecule has 1 amide bonds. The Hall–Kier alpha value is -0.650. The number of ether oxygens (including phenoxy) is 2. The van der Waals surface area contributed by atoms with Gasteiger partial charge in [0.15, 0.2) is 6.29 Å². The molecule has 0 aromatic heterocycles. The third-order valence-corrected chi connectivity index (χ3v) is 3.10. The highest BCUT2D eigenvalue weighted by molar-refractivity contribution is 5.73. The molecular weight excluding hydrogens is 210 g/mol. The van der Waals surface area contributed by atoms with Crippen LogP contribution in [0.4, 0.5) is 0 Å². The molecule has 5 heteroatoms. The lowest BCUT2D eigenvalue weighted by molar-refractivity contribution is -0.239. The first-order chi connectivity index (χ1) is 7.51. The van der Waals surface area contributed by atoms with Gasteiger partial charge >= 0.3 is 0 Å². The van der Waals surface area contributed by atoms with Crippen molar-refractivity contribution in [1.29, 1.82) is 0 Å². The van der Waals surface area contributed by atoms with Crippen molar-refractivity contribution in [3.05, 3.63) is 0 Å². The summed E-state index contributed by atoms with van der Waals surface area (Å²) in [5, 5.41) is 12.8. The Morgan fingerprint density at radius 1 is 1.56 bits per heavy atom. The minimum Gasteiger partial charge on any atom is -0.390 e. The quantitative estimate of drug-likeness (QED) is 0.731. The number of hydrogen-bond acceptors (Lipinski definition) is 4. The van der Waals surface area contributed by atoms with Crippen molar-refractivity contribution in [2.24, 2.45) is 5.92 Å². The summed E-state index contributed by atoms with van der Waals surface area (Å²) in [7, 11) is 1.51. The van der Waals surface area contributed by atoms with E-state index in [4.69, 9.17) is 9.47 Å². The van der Waals surface area contributed by atoms with Crippen molar-refractivity contribution >= 4 is 5.91 Å². The van der Waals surface area contributed by atoms with Gasteiger partial charge in [-0.3, -0.25) is 4.79 Å². The van der Waals surface area contributed by atoms with Crippen LogP contribution in [0.25, 0.3) is 0 Å². The monoisotopic (exact) mass is 231 g/mol. The maximum absolute atomic E-state index is 11.0. The second-order valence-corrected chi connectivity index (χ2v) is 4.26. The van der Waals surface area contributed by atoms with E-state index in [1.807, 2.05) is 13.8 Å². The third-order valence-electron chi connectivity index (χ3n) is 3.10. The summed E-state index contributed by atoms with van der Waals surface area (Å²) in [6, 6.07) is -0.500. The Morgan fingerprint density at radius 2 is 2.19 bits per heavy atom. The minimum atomic E-state index is -0.646. The molecule has 94 valence electrons. The van der Waals surface area contributed by atoms with E-state index in [2.05, 4.69) is 5.32 Å². The molecule has 2 N–H and O–H groups in total. The predicted molar refractivity (Wildman–Crippen MR) is 58.7 cm³/mol. The number of hydrogen-bond donors (Lipinski definition) is 2. The number of carbonyl (C=O) groups excluding carboxylic acids is 1. The topological polar surface area (TPSA) is 67.8 Å². The summed E-state index contributed by atoms with van der Waals surface area (Å²) >= 11 is 0. The molecule has 0 aromatic carbocycles. The fourth-order valence-corrected chi connectivity index (χ4v) is 2.15. The molecule has 5 atom stereocenters. The van der Waals surface area contributed by atoms with Crippen molar-refractivity contribution in [3.63, 3.8) is 0 Å². The van der Waals surface area contributed by atoms with Gasteiger partial charge in [0, 0.05) is 20.0 Å². The van der Waals surface area contributed by atoms with Gasteiger partial charge in [0.25, 0.3) is 0 Å². The van der Waals surface area contributed by atoms with Gasteiger partial charge in [-0.2, -0.15) is 0 Å². The van der Waals surface area contributed by atoms with Gasteiger partial charge in [0.2, 0.25) is 5.91 Å². The maximum Gasteiger partial charge on any atom is 0.217 e. The third kappa shape index (κ3) is 2.72. The molecule has 1 aliphatic heterocycles. The van der Waals surface area contributed by atoms with Crippen molar-refractivity contribution in [2.45, 2.75) is 51.7 Å². The zero-order valence-corrected chi connectivity index (χ0v) is 10.3. The van der Waals surface area contributed by atoms with E-state index < -0.39 is 18.4 Å². The van der Waals surface area contributed by atoms with Crippen LogP contribution in [0, 0.1) is 5.92 Å². The number of aliphatic hydroxyl groups excluding tert-OH is 1. The van der Waals surface area contributed by atoms with Gasteiger partial charge < -0.3 is 19.9 Å². The molecular formula is C11H21NO4. The van der Waals surface area contributed by atoms with Crippen molar-refractivity contribution in [3.8, 4) is 0 Å². The number of carbonyl (C=O) groups is 1. The fourth-order valence-electron chi connectivity index (χ4n) is 2.15. The van der Waals surface area contributed by atoms with Crippen molar-refractivity contribution in [2.75, 3.05) is 7.11 Å². The maximum atomic E-state index is 11.0. The van der Waals surface area contributed by atoms with Crippen LogP contribution in [-0.2, 0) is 14.3 Å². The molecule has 0 spiro atoms. The van der Waals surface area contributed by atoms with Crippen LogP contribution >= 0.6 is 0 Å². The summed E-state index contributed by atoms with van der Waals surface area (Å²) in [6.45, 7) is 5.33. The molecule has 5 nitrogen and oxygen atoms in total. The van der Waals surface area contributed by atoms with Crippen LogP contribution in [0.1, 0.15) is 27.2 Å². The number of aliphatic hydroxyl groups is 1. The van der Waals surface area contributed by atoms with Gasteiger partial charge in [-0.05, 0) is 6.42 Å². The SMILES string of the molecule is CC[C@@H]1OC(OC)C(NC(C)=O)C(O)C1C. The number of rotatable bonds is 3. The second-order valence-electron chi connectivity index (χ2n) is 4.26. The van der Waals surface area contributed by atoms with Crippen LogP contribution in [-0.4, -0.2) is 42.7 Å². The average molecular weight is 231 g/mol. The standard InChI is InChI=1S/C11H21NO4/c1-5-8-6(2)10(14)9(12-7(3)13)11(15-4)16-8/h6,8-11,14H,5H2,1-4H3,(H,12,13)/t6?,8-,9?,10?,11?/m0/s1. The van der Waals surface area contributed by atoms with Crippen LogP contribution < -0.4 is 5.32 Å². The van der Waals surface area contributed by atoms with E-state index in [-0.39, 0.29) is 17.9 Å². The highest BCUT2D eigenvalue weighted by Gasteiger charge is 2.42. The smallest absolute Gasteiger partial charge is 0.217 e. The Labute approximate surface area is 96.1 Å². The first-order valence-corrected chi connectivity index (χ1v) is 5.64. The summed E-state index contributed by atoms with van der Waals surface area (Å²) in [4.78, 5) is 11.0. The zero-order chi connectivity index (χ0) is 12.3. The van der Waals surface area contributed by atoms with Crippen molar-refractivity contribution < 1.29 is 19.4 Å². The molecule has 1 heterocycles. The lowest BCUT2D eigenvalue weighted by atomic mass is 9.88. The Bertz CT molecular complexity index is 244. The fraction of sp³-hybridized carbons (Fsp3) is 0.909. The molecule has 0 aromatic rings. The molecule has 0 aliphatic carbocycles. The van der Waals surface area contributed by atoms with Gasteiger partial charge in [0.05, 0.1) is 12.2 Å². The largest absolute Gasteiger partial charge is 0.390 e. The number of amides is 1. The normalized spacial score (nSPS) is 39.4. The summed E-state index contributed by atoms with van der Waals surface area (Å²) in [5.74, 6) is -0.218. The Kier molecular flexibility index (Phi) is 4.70. The molecule has 1 fully saturated rings. The summed E-state index contributed by atoms with van der Waals surface area (Å²) < 4.78 is 10.8. The molecule has 16 heavy (non-hydrogen) atoms. The molecule has 0 radical (unpaired) electrons. The first-order valence-electron chi connectivity index (χ1n) is 5.64. The van der Waals surface area contributed by atoms with E-state index in [1.165, 1.54) is 14.0 Å². The second kappa shape index (κ2) is 5.61.